The van der Waals surface area contributed by atoms with Gasteiger partial charge in [-0.1, -0.05) is 29.5 Å². The van der Waals surface area contributed by atoms with Gasteiger partial charge >= 0.3 is 0 Å². The van der Waals surface area contributed by atoms with Crippen molar-refractivity contribution in [3.63, 3.8) is 0 Å². The van der Waals surface area contributed by atoms with Crippen LogP contribution in [0.2, 0.25) is 0 Å². The third kappa shape index (κ3) is 1.11. The third-order valence-corrected chi connectivity index (χ3v) is 5.34. The topological polar surface area (TPSA) is 21.7 Å². The Morgan fingerprint density at radius 1 is 1.20 bits per heavy atom. The van der Waals surface area contributed by atoms with Crippen LogP contribution in [-0.2, 0) is 13.6 Å². The quantitative estimate of drug-likeness (QED) is 0.399. The molecule has 4 heteroatoms. The van der Waals surface area contributed by atoms with Gasteiger partial charge < -0.3 is 0 Å². The van der Waals surface area contributed by atoms with E-state index in [4.69, 9.17) is 0 Å². The maximum absolute atomic E-state index is 4.50. The summed E-state index contributed by atoms with van der Waals surface area (Å²) in [4.78, 5) is 6.93. The number of aromatic nitrogens is 3. The molecule has 0 N–H and O–H groups in total. The molecule has 0 radical (unpaired) electrons. The highest BCUT2D eigenvalue weighted by atomic mass is 32.1. The van der Waals surface area contributed by atoms with Gasteiger partial charge in [-0.3, -0.25) is 0 Å². The van der Waals surface area contributed by atoms with Gasteiger partial charge in [-0.05, 0) is 18.2 Å². The molecule has 20 heavy (non-hydrogen) atoms. The number of thiophene rings is 1. The van der Waals surface area contributed by atoms with Crippen LogP contribution in [-0.4, -0.2) is 9.55 Å². The second kappa shape index (κ2) is 3.46. The van der Waals surface area contributed by atoms with Gasteiger partial charge in [0.2, 0.25) is 4.83 Å². The highest BCUT2D eigenvalue weighted by Crippen LogP contribution is 2.38. The minimum atomic E-state index is 0.962. The van der Waals surface area contributed by atoms with Crippen LogP contribution in [0.4, 0.5) is 0 Å². The molecule has 1 aliphatic rings. The minimum Gasteiger partial charge on any atom is -0.245 e. The van der Waals surface area contributed by atoms with Crippen molar-refractivity contribution in [1.29, 1.82) is 0 Å². The van der Waals surface area contributed by atoms with Crippen molar-refractivity contribution in [3.8, 4) is 11.4 Å². The van der Waals surface area contributed by atoms with Crippen LogP contribution in [0.25, 0.3) is 32.0 Å². The number of pyridine rings is 1. The van der Waals surface area contributed by atoms with Crippen LogP contribution in [0.3, 0.4) is 0 Å². The molecule has 0 saturated heterocycles. The van der Waals surface area contributed by atoms with Crippen LogP contribution >= 0.6 is 11.3 Å². The largest absolute Gasteiger partial charge is 0.291 e. The van der Waals surface area contributed by atoms with E-state index in [2.05, 4.69) is 51.5 Å². The first-order valence-corrected chi connectivity index (χ1v) is 7.50. The van der Waals surface area contributed by atoms with Gasteiger partial charge in [-0.2, -0.15) is 0 Å². The Morgan fingerprint density at radius 3 is 3.05 bits per heavy atom. The standard InChI is InChI=1S/C16H12N3S/c1-18-15-11-6-3-2-5-10(11)9-19(15)13-12-7-4-8-17-14(12)20-16(13)18/h2-8H,9H2,1H3/q+1. The number of imidazole rings is 1. The lowest BCUT2D eigenvalue weighted by atomic mass is 10.1. The first-order valence-electron chi connectivity index (χ1n) is 6.68. The lowest BCUT2D eigenvalue weighted by Gasteiger charge is -1.93. The summed E-state index contributed by atoms with van der Waals surface area (Å²) in [5.41, 5.74) is 4.09. The summed E-state index contributed by atoms with van der Waals surface area (Å²) in [7, 11) is 2.16. The second-order valence-corrected chi connectivity index (χ2v) is 6.22. The van der Waals surface area contributed by atoms with E-state index in [-0.39, 0.29) is 0 Å². The van der Waals surface area contributed by atoms with Crippen molar-refractivity contribution in [1.82, 2.24) is 9.55 Å². The molecule has 0 spiro atoms. The van der Waals surface area contributed by atoms with E-state index in [1.165, 1.54) is 32.7 Å². The highest BCUT2D eigenvalue weighted by Gasteiger charge is 2.34. The maximum atomic E-state index is 4.50. The van der Waals surface area contributed by atoms with Crippen molar-refractivity contribution in [2.24, 2.45) is 7.05 Å². The third-order valence-electron chi connectivity index (χ3n) is 4.16. The lowest BCUT2D eigenvalue weighted by molar-refractivity contribution is -0.631. The van der Waals surface area contributed by atoms with Crippen molar-refractivity contribution in [2.75, 3.05) is 0 Å². The average molecular weight is 278 g/mol. The molecule has 4 heterocycles. The summed E-state index contributed by atoms with van der Waals surface area (Å²) in [5.74, 6) is 1.31. The molecule has 3 aromatic heterocycles. The summed E-state index contributed by atoms with van der Waals surface area (Å²) in [5, 5.41) is 1.27. The SMILES string of the molecule is C[n+]1c2n(c3c4cccnc4sc31)Cc1ccccc1-2. The van der Waals surface area contributed by atoms with Crippen molar-refractivity contribution >= 4 is 31.9 Å². The number of rotatable bonds is 0. The van der Waals surface area contributed by atoms with E-state index in [0.29, 0.717) is 0 Å². The second-order valence-electron chi connectivity index (χ2n) is 5.24. The van der Waals surface area contributed by atoms with Crippen molar-refractivity contribution < 1.29 is 4.57 Å². The zero-order valence-corrected chi connectivity index (χ0v) is 11.8. The molecule has 1 aromatic carbocycles. The molecule has 4 aromatic rings. The fourth-order valence-electron chi connectivity index (χ4n) is 3.31. The van der Waals surface area contributed by atoms with Crippen LogP contribution in [0.15, 0.2) is 42.6 Å². The van der Waals surface area contributed by atoms with Gasteiger partial charge in [0.15, 0.2) is 5.52 Å². The lowest BCUT2D eigenvalue weighted by Crippen LogP contribution is -2.28. The molecular formula is C16H12N3S+. The Kier molecular flexibility index (Phi) is 1.83. The van der Waals surface area contributed by atoms with Gasteiger partial charge in [-0.25, -0.2) is 14.1 Å². The molecule has 1 aliphatic heterocycles. The predicted octanol–water partition coefficient (Wildman–Crippen LogP) is 3.10. The number of hydrogen-bond acceptors (Lipinski definition) is 2. The normalized spacial score (nSPS) is 13.1. The smallest absolute Gasteiger partial charge is 0.245 e. The predicted molar refractivity (Wildman–Crippen MR) is 80.8 cm³/mol. The molecule has 5 rings (SSSR count). The van der Waals surface area contributed by atoms with Crippen LogP contribution in [0.1, 0.15) is 5.56 Å². The van der Waals surface area contributed by atoms with E-state index in [0.717, 1.165) is 11.4 Å². The van der Waals surface area contributed by atoms with Gasteiger partial charge in [0.25, 0.3) is 5.82 Å². The van der Waals surface area contributed by atoms with Gasteiger partial charge in [0, 0.05) is 11.8 Å². The van der Waals surface area contributed by atoms with Gasteiger partial charge in [-0.15, -0.1) is 0 Å². The molecule has 96 valence electrons. The van der Waals surface area contributed by atoms with Crippen LogP contribution < -0.4 is 4.57 Å². The Bertz CT molecular complexity index is 994. The summed E-state index contributed by atoms with van der Waals surface area (Å²) >= 11 is 1.78. The number of hydrogen-bond donors (Lipinski definition) is 0. The average Bonchev–Trinajstić information content (AvgIpc) is 3.10. The summed E-state index contributed by atoms with van der Waals surface area (Å²) in [6.07, 6.45) is 1.87. The molecule has 3 nitrogen and oxygen atoms in total. The fourth-order valence-corrected chi connectivity index (χ4v) is 4.42. The molecule has 0 aliphatic carbocycles. The number of aryl methyl sites for hydroxylation is 1. The Hall–Kier alpha value is -2.20. The molecule has 0 atom stereocenters. The van der Waals surface area contributed by atoms with E-state index >= 15 is 0 Å². The molecule has 0 saturated carbocycles. The van der Waals surface area contributed by atoms with E-state index in [9.17, 15) is 0 Å². The first-order chi connectivity index (χ1) is 9.84. The monoisotopic (exact) mass is 278 g/mol. The number of benzene rings is 1. The molecule has 0 unspecified atom stereocenters. The zero-order chi connectivity index (χ0) is 13.3. The van der Waals surface area contributed by atoms with Gasteiger partial charge in [0.1, 0.15) is 11.4 Å². The van der Waals surface area contributed by atoms with Crippen LogP contribution in [0.5, 0.6) is 0 Å². The molecular weight excluding hydrogens is 266 g/mol. The Morgan fingerprint density at radius 2 is 2.10 bits per heavy atom. The van der Waals surface area contributed by atoms with Crippen molar-refractivity contribution in [2.45, 2.75) is 6.54 Å². The van der Waals surface area contributed by atoms with Crippen LogP contribution in [0, 0.1) is 0 Å². The summed E-state index contributed by atoms with van der Waals surface area (Å²) in [6.45, 7) is 0.962. The van der Waals surface area contributed by atoms with E-state index in [1.807, 2.05) is 12.3 Å². The van der Waals surface area contributed by atoms with Gasteiger partial charge in [0.05, 0.1) is 18.0 Å². The van der Waals surface area contributed by atoms with E-state index in [1.54, 1.807) is 11.3 Å². The number of nitrogens with zero attached hydrogens (tertiary/aromatic N) is 3. The van der Waals surface area contributed by atoms with E-state index < -0.39 is 0 Å². The minimum absolute atomic E-state index is 0.962. The molecule has 0 fully saturated rings. The number of fused-ring (bicyclic) bond motifs is 7. The zero-order valence-electron chi connectivity index (χ0n) is 11.0. The van der Waals surface area contributed by atoms with Crippen molar-refractivity contribution in [3.05, 3.63) is 48.2 Å². The highest BCUT2D eigenvalue weighted by molar-refractivity contribution is 7.24. The first kappa shape index (κ1) is 10.6. The fraction of sp³-hybridized carbons (Fsp3) is 0.125. The molecule has 0 amide bonds. The molecule has 0 bridgehead atoms. The summed E-state index contributed by atoms with van der Waals surface area (Å²) < 4.78 is 4.74. The summed E-state index contributed by atoms with van der Waals surface area (Å²) in [6, 6.07) is 12.9. The Labute approximate surface area is 119 Å². The Balaban J connectivity index is 1.99. The maximum Gasteiger partial charge on any atom is 0.291 e.